The molecule has 0 bridgehead atoms. The van der Waals surface area contributed by atoms with E-state index in [0.717, 1.165) is 38.7 Å². The van der Waals surface area contributed by atoms with Crippen molar-refractivity contribution in [3.63, 3.8) is 0 Å². The molecule has 0 aliphatic heterocycles. The lowest BCUT2D eigenvalue weighted by atomic mass is 10.2. The van der Waals surface area contributed by atoms with Crippen molar-refractivity contribution in [2.24, 2.45) is 0 Å². The van der Waals surface area contributed by atoms with Gasteiger partial charge in [-0.25, -0.2) is 0 Å². The molecule has 11 heavy (non-hydrogen) atoms. The summed E-state index contributed by atoms with van der Waals surface area (Å²) < 4.78 is 4.89. The molecule has 0 N–H and O–H groups in total. The molecule has 0 unspecified atom stereocenters. The molecule has 0 aromatic rings. The van der Waals surface area contributed by atoms with Crippen LogP contribution in [0.3, 0.4) is 0 Å². The fourth-order valence-corrected chi connectivity index (χ4v) is 0.695. The standard InChI is InChI=1S/C10H17O/c1-3-4-5-6-7-8-9-10-11-2/h1,3-5,8-10H2,2H3. The predicted octanol–water partition coefficient (Wildman–Crippen LogP) is 2.42. The molecule has 0 aliphatic rings. The van der Waals surface area contributed by atoms with E-state index in [9.17, 15) is 0 Å². The Morgan fingerprint density at radius 3 is 2.36 bits per heavy atom. The molecule has 1 radical (unpaired) electrons. The molecule has 63 valence electrons. The first kappa shape index (κ1) is 10.5. The highest BCUT2D eigenvalue weighted by Crippen LogP contribution is 1.91. The van der Waals surface area contributed by atoms with Gasteiger partial charge in [0.15, 0.2) is 0 Å². The summed E-state index contributed by atoms with van der Waals surface area (Å²) >= 11 is 0. The van der Waals surface area contributed by atoms with Gasteiger partial charge in [-0.3, -0.25) is 0 Å². The molecule has 0 rings (SSSR count). The highest BCUT2D eigenvalue weighted by atomic mass is 16.5. The van der Waals surface area contributed by atoms with Crippen LogP contribution in [-0.4, -0.2) is 13.7 Å². The largest absolute Gasteiger partial charge is 0.385 e. The molecular weight excluding hydrogens is 136 g/mol. The van der Waals surface area contributed by atoms with Crippen molar-refractivity contribution >= 4 is 0 Å². The van der Waals surface area contributed by atoms with Crippen LogP contribution in [0.4, 0.5) is 0 Å². The Bertz CT molecular complexity index is 119. The van der Waals surface area contributed by atoms with Crippen LogP contribution in [0.1, 0.15) is 32.1 Å². The van der Waals surface area contributed by atoms with Crippen LogP contribution >= 0.6 is 0 Å². The molecule has 1 nitrogen and oxygen atoms in total. The Balaban J connectivity index is 2.99. The van der Waals surface area contributed by atoms with Crippen molar-refractivity contribution in [2.75, 3.05) is 13.7 Å². The van der Waals surface area contributed by atoms with Gasteiger partial charge in [0.1, 0.15) is 0 Å². The van der Waals surface area contributed by atoms with Crippen molar-refractivity contribution in [1.29, 1.82) is 0 Å². The van der Waals surface area contributed by atoms with E-state index in [1.54, 1.807) is 7.11 Å². The number of hydrogen-bond donors (Lipinski definition) is 0. The first-order chi connectivity index (χ1) is 5.41. The summed E-state index contributed by atoms with van der Waals surface area (Å²) in [5, 5.41) is 0. The normalized spacial score (nSPS) is 8.91. The maximum atomic E-state index is 4.89. The Morgan fingerprint density at radius 1 is 1.18 bits per heavy atom. The molecule has 0 amide bonds. The van der Waals surface area contributed by atoms with E-state index in [2.05, 4.69) is 18.8 Å². The van der Waals surface area contributed by atoms with Gasteiger partial charge in [-0.05, 0) is 12.8 Å². The topological polar surface area (TPSA) is 9.23 Å². The van der Waals surface area contributed by atoms with E-state index < -0.39 is 0 Å². The van der Waals surface area contributed by atoms with Gasteiger partial charge in [-0.1, -0.05) is 13.3 Å². The summed E-state index contributed by atoms with van der Waals surface area (Å²) in [5.41, 5.74) is 0. The molecule has 0 atom stereocenters. The molecular formula is C10H17O. The average Bonchev–Trinajstić information content (AvgIpc) is 2.03. The van der Waals surface area contributed by atoms with Crippen molar-refractivity contribution < 1.29 is 4.74 Å². The number of hydrogen-bond acceptors (Lipinski definition) is 1. The first-order valence-electron chi connectivity index (χ1n) is 4.15. The van der Waals surface area contributed by atoms with Gasteiger partial charge >= 0.3 is 0 Å². The van der Waals surface area contributed by atoms with Crippen LogP contribution in [0.2, 0.25) is 0 Å². The lowest BCUT2D eigenvalue weighted by Gasteiger charge is -1.90. The van der Waals surface area contributed by atoms with Crippen LogP contribution < -0.4 is 0 Å². The quantitative estimate of drug-likeness (QED) is 0.435. The molecule has 0 fully saturated rings. The van der Waals surface area contributed by atoms with Gasteiger partial charge in [-0.15, -0.1) is 11.8 Å². The third kappa shape index (κ3) is 9.52. The average molecular weight is 153 g/mol. The van der Waals surface area contributed by atoms with E-state index in [-0.39, 0.29) is 0 Å². The summed E-state index contributed by atoms with van der Waals surface area (Å²) in [6.45, 7) is 4.57. The highest BCUT2D eigenvalue weighted by Gasteiger charge is 1.80. The Labute approximate surface area is 70.1 Å². The van der Waals surface area contributed by atoms with Gasteiger partial charge in [0.2, 0.25) is 0 Å². The summed E-state index contributed by atoms with van der Waals surface area (Å²) in [6, 6.07) is 0. The summed E-state index contributed by atoms with van der Waals surface area (Å²) in [6.07, 6.45) is 5.12. The maximum Gasteiger partial charge on any atom is 0.0471 e. The van der Waals surface area contributed by atoms with Gasteiger partial charge in [0.25, 0.3) is 0 Å². The second kappa shape index (κ2) is 9.52. The molecule has 0 saturated carbocycles. The zero-order valence-electron chi connectivity index (χ0n) is 7.36. The van der Waals surface area contributed by atoms with Crippen molar-refractivity contribution in [3.05, 3.63) is 6.92 Å². The third-order valence-corrected chi connectivity index (χ3v) is 1.33. The molecule has 0 saturated heterocycles. The minimum Gasteiger partial charge on any atom is -0.385 e. The number of ether oxygens (including phenoxy) is 1. The monoisotopic (exact) mass is 153 g/mol. The smallest absolute Gasteiger partial charge is 0.0471 e. The summed E-state index contributed by atoms with van der Waals surface area (Å²) in [4.78, 5) is 0. The molecule has 1 heteroatoms. The summed E-state index contributed by atoms with van der Waals surface area (Å²) in [7, 11) is 1.72. The molecule has 0 aromatic carbocycles. The van der Waals surface area contributed by atoms with Gasteiger partial charge in [0, 0.05) is 26.6 Å². The molecule has 0 spiro atoms. The van der Waals surface area contributed by atoms with Gasteiger partial charge < -0.3 is 4.74 Å². The number of rotatable bonds is 5. The molecule has 0 aliphatic carbocycles. The third-order valence-electron chi connectivity index (χ3n) is 1.33. The number of methoxy groups -OCH3 is 1. The Hall–Kier alpha value is -0.480. The fourth-order valence-electron chi connectivity index (χ4n) is 0.695. The van der Waals surface area contributed by atoms with E-state index in [1.807, 2.05) is 0 Å². The molecule has 0 heterocycles. The SMILES string of the molecule is [CH2]CCCC#CCCCOC. The minimum absolute atomic E-state index is 0.823. The summed E-state index contributed by atoms with van der Waals surface area (Å²) in [5.74, 6) is 6.20. The van der Waals surface area contributed by atoms with Crippen LogP contribution in [0, 0.1) is 18.8 Å². The van der Waals surface area contributed by atoms with Crippen LogP contribution in [0.15, 0.2) is 0 Å². The number of unbranched alkanes of at least 4 members (excludes halogenated alkanes) is 3. The second-order valence-corrected chi connectivity index (χ2v) is 2.41. The minimum atomic E-state index is 0.823. The zero-order chi connectivity index (χ0) is 8.36. The van der Waals surface area contributed by atoms with Crippen molar-refractivity contribution in [2.45, 2.75) is 32.1 Å². The van der Waals surface area contributed by atoms with Crippen LogP contribution in [-0.2, 0) is 4.74 Å². The Kier molecular flexibility index (Phi) is 9.10. The van der Waals surface area contributed by atoms with E-state index in [0.29, 0.717) is 0 Å². The first-order valence-corrected chi connectivity index (χ1v) is 4.15. The highest BCUT2D eigenvalue weighted by molar-refractivity contribution is 4.98. The Morgan fingerprint density at radius 2 is 1.82 bits per heavy atom. The lowest BCUT2D eigenvalue weighted by Crippen LogP contribution is -1.85. The van der Waals surface area contributed by atoms with E-state index >= 15 is 0 Å². The van der Waals surface area contributed by atoms with Gasteiger partial charge in [0.05, 0.1) is 0 Å². The van der Waals surface area contributed by atoms with Crippen LogP contribution in [0.5, 0.6) is 0 Å². The lowest BCUT2D eigenvalue weighted by molar-refractivity contribution is 0.196. The van der Waals surface area contributed by atoms with Crippen LogP contribution in [0.25, 0.3) is 0 Å². The van der Waals surface area contributed by atoms with E-state index in [1.165, 1.54) is 0 Å². The predicted molar refractivity (Wildman–Crippen MR) is 48.1 cm³/mol. The molecule has 0 aromatic heterocycles. The maximum absolute atomic E-state index is 4.89. The van der Waals surface area contributed by atoms with E-state index in [4.69, 9.17) is 4.74 Å². The fraction of sp³-hybridized carbons (Fsp3) is 0.700. The van der Waals surface area contributed by atoms with Crippen molar-refractivity contribution in [1.82, 2.24) is 0 Å². The zero-order valence-corrected chi connectivity index (χ0v) is 7.36. The van der Waals surface area contributed by atoms with Crippen molar-refractivity contribution in [3.8, 4) is 11.8 Å². The van der Waals surface area contributed by atoms with Gasteiger partial charge in [-0.2, -0.15) is 0 Å². The second-order valence-electron chi connectivity index (χ2n) is 2.41.